The lowest BCUT2D eigenvalue weighted by Crippen LogP contribution is -2.18. The molecule has 0 aromatic carbocycles. The molecule has 0 saturated carbocycles. The third-order valence-electron chi connectivity index (χ3n) is 2.68. The second-order valence-electron chi connectivity index (χ2n) is 4.26. The summed E-state index contributed by atoms with van der Waals surface area (Å²) in [4.78, 5) is 2.55. The molecule has 0 unspecified atom stereocenters. The van der Waals surface area contributed by atoms with E-state index < -0.39 is 0 Å². The lowest BCUT2D eigenvalue weighted by molar-refractivity contribution is 0.199. The summed E-state index contributed by atoms with van der Waals surface area (Å²) in [5.41, 5.74) is 2.32. The highest BCUT2D eigenvalue weighted by Gasteiger charge is 2.11. The van der Waals surface area contributed by atoms with Gasteiger partial charge in [0, 0.05) is 43.9 Å². The van der Waals surface area contributed by atoms with E-state index in [9.17, 15) is 0 Å². The van der Waals surface area contributed by atoms with Crippen molar-refractivity contribution in [2.45, 2.75) is 13.5 Å². The van der Waals surface area contributed by atoms with Crippen molar-refractivity contribution in [1.82, 2.24) is 15.1 Å². The van der Waals surface area contributed by atoms with Gasteiger partial charge in [-0.2, -0.15) is 5.10 Å². The van der Waals surface area contributed by atoms with E-state index in [-0.39, 0.29) is 0 Å². The quantitative estimate of drug-likeness (QED) is 0.814. The summed E-state index contributed by atoms with van der Waals surface area (Å²) in [7, 11) is 3.67. The van der Waals surface area contributed by atoms with E-state index in [1.807, 2.05) is 11.7 Å². The molecule has 2 aromatic heterocycles. The van der Waals surface area contributed by atoms with Crippen LogP contribution < -0.4 is 5.32 Å². The lowest BCUT2D eigenvalue weighted by Gasteiger charge is -2.03. The smallest absolute Gasteiger partial charge is 0.107 e. The second kappa shape index (κ2) is 6.13. The molecule has 0 saturated heterocycles. The number of nitrogens with one attached hydrogen (secondary N) is 1. The molecule has 0 atom stereocenters. The molecule has 2 aromatic rings. The summed E-state index contributed by atoms with van der Waals surface area (Å²) in [5.74, 6) is 0. The number of aryl methyl sites for hydroxylation is 2. The molecule has 0 bridgehead atoms. The van der Waals surface area contributed by atoms with Crippen LogP contribution in [0.3, 0.4) is 0 Å². The van der Waals surface area contributed by atoms with Crippen LogP contribution in [-0.2, 0) is 18.3 Å². The largest absolute Gasteiger partial charge is 0.383 e. The molecule has 98 valence electrons. The SMILES string of the molecule is COCCNCc1cn(C)nc1-c1ccc(C)s1. The Bertz CT molecular complexity index is 504. The number of methoxy groups -OCH3 is 1. The van der Waals surface area contributed by atoms with Gasteiger partial charge in [-0.25, -0.2) is 0 Å². The van der Waals surface area contributed by atoms with Crippen molar-refractivity contribution in [3.8, 4) is 10.6 Å². The van der Waals surface area contributed by atoms with Crippen molar-refractivity contribution >= 4 is 11.3 Å². The maximum absolute atomic E-state index is 5.02. The minimum absolute atomic E-state index is 0.730. The molecule has 0 aliphatic carbocycles. The molecule has 0 amide bonds. The van der Waals surface area contributed by atoms with Crippen LogP contribution in [0, 0.1) is 6.92 Å². The first-order chi connectivity index (χ1) is 8.70. The zero-order valence-corrected chi connectivity index (χ0v) is 11.9. The maximum atomic E-state index is 5.02. The summed E-state index contributed by atoms with van der Waals surface area (Å²) in [5, 5.41) is 7.91. The summed E-state index contributed by atoms with van der Waals surface area (Å²) in [6, 6.07) is 4.28. The molecule has 2 rings (SSSR count). The monoisotopic (exact) mass is 265 g/mol. The first-order valence-electron chi connectivity index (χ1n) is 5.99. The Morgan fingerprint density at radius 1 is 1.44 bits per heavy atom. The van der Waals surface area contributed by atoms with Gasteiger partial charge in [-0.05, 0) is 19.1 Å². The third-order valence-corrected chi connectivity index (χ3v) is 3.68. The van der Waals surface area contributed by atoms with Gasteiger partial charge in [0.2, 0.25) is 0 Å². The Hall–Kier alpha value is -1.17. The van der Waals surface area contributed by atoms with E-state index in [1.54, 1.807) is 18.4 Å². The molecule has 1 N–H and O–H groups in total. The van der Waals surface area contributed by atoms with Crippen molar-refractivity contribution in [2.75, 3.05) is 20.3 Å². The van der Waals surface area contributed by atoms with Gasteiger partial charge >= 0.3 is 0 Å². The molecule has 0 spiro atoms. The fraction of sp³-hybridized carbons (Fsp3) is 0.462. The topological polar surface area (TPSA) is 39.1 Å². The number of aromatic nitrogens is 2. The highest BCUT2D eigenvalue weighted by atomic mass is 32.1. The van der Waals surface area contributed by atoms with Crippen LogP contribution >= 0.6 is 11.3 Å². The Kier molecular flexibility index (Phi) is 4.52. The summed E-state index contributed by atoms with van der Waals surface area (Å²) in [6.07, 6.45) is 2.07. The fourth-order valence-corrected chi connectivity index (χ4v) is 2.72. The average Bonchev–Trinajstić information content (AvgIpc) is 2.91. The number of hydrogen-bond donors (Lipinski definition) is 1. The number of nitrogens with zero attached hydrogens (tertiary/aromatic N) is 2. The van der Waals surface area contributed by atoms with Crippen molar-refractivity contribution in [3.05, 3.63) is 28.8 Å². The van der Waals surface area contributed by atoms with E-state index in [0.717, 1.165) is 25.4 Å². The maximum Gasteiger partial charge on any atom is 0.107 e. The molecule has 4 nitrogen and oxygen atoms in total. The standard InChI is InChI=1S/C13H19N3OS/c1-10-4-5-12(18-10)13-11(9-16(2)15-13)8-14-6-7-17-3/h4-5,9,14H,6-8H2,1-3H3. The van der Waals surface area contributed by atoms with Gasteiger partial charge in [0.25, 0.3) is 0 Å². The highest BCUT2D eigenvalue weighted by molar-refractivity contribution is 7.15. The van der Waals surface area contributed by atoms with E-state index in [4.69, 9.17) is 4.74 Å². The van der Waals surface area contributed by atoms with Crippen LogP contribution in [0.25, 0.3) is 10.6 Å². The minimum atomic E-state index is 0.730. The minimum Gasteiger partial charge on any atom is -0.383 e. The van der Waals surface area contributed by atoms with Crippen LogP contribution in [-0.4, -0.2) is 30.0 Å². The lowest BCUT2D eigenvalue weighted by atomic mass is 10.2. The van der Waals surface area contributed by atoms with Gasteiger partial charge in [-0.1, -0.05) is 0 Å². The molecule has 0 radical (unpaired) electrons. The first kappa shape index (κ1) is 13.3. The number of hydrogen-bond acceptors (Lipinski definition) is 4. The molecule has 2 heterocycles. The van der Waals surface area contributed by atoms with Crippen molar-refractivity contribution in [1.29, 1.82) is 0 Å². The summed E-state index contributed by atoms with van der Waals surface area (Å²) >= 11 is 1.78. The predicted molar refractivity (Wildman–Crippen MR) is 74.8 cm³/mol. The van der Waals surface area contributed by atoms with Gasteiger partial charge in [0.15, 0.2) is 0 Å². The van der Waals surface area contributed by atoms with Crippen LogP contribution in [0.1, 0.15) is 10.4 Å². The Balaban J connectivity index is 2.10. The molecular weight excluding hydrogens is 246 g/mol. The third kappa shape index (κ3) is 3.19. The van der Waals surface area contributed by atoms with E-state index in [0.29, 0.717) is 0 Å². The predicted octanol–water partition coefficient (Wildman–Crippen LogP) is 2.19. The summed E-state index contributed by atoms with van der Waals surface area (Å²) in [6.45, 7) is 4.53. The van der Waals surface area contributed by atoms with Crippen LogP contribution in [0.4, 0.5) is 0 Å². The van der Waals surface area contributed by atoms with Crippen molar-refractivity contribution < 1.29 is 4.74 Å². The van der Waals surface area contributed by atoms with Gasteiger partial charge < -0.3 is 10.1 Å². The van der Waals surface area contributed by atoms with E-state index in [2.05, 4.69) is 35.7 Å². The van der Waals surface area contributed by atoms with E-state index >= 15 is 0 Å². The van der Waals surface area contributed by atoms with Gasteiger partial charge in [0.05, 0.1) is 11.5 Å². The van der Waals surface area contributed by atoms with Crippen LogP contribution in [0.2, 0.25) is 0 Å². The summed E-state index contributed by atoms with van der Waals surface area (Å²) < 4.78 is 6.89. The van der Waals surface area contributed by atoms with Gasteiger partial charge in [-0.3, -0.25) is 4.68 Å². The zero-order chi connectivity index (χ0) is 13.0. The molecule has 0 fully saturated rings. The molecule has 0 aliphatic heterocycles. The first-order valence-corrected chi connectivity index (χ1v) is 6.81. The average molecular weight is 265 g/mol. The Morgan fingerprint density at radius 2 is 2.28 bits per heavy atom. The number of thiophene rings is 1. The highest BCUT2D eigenvalue weighted by Crippen LogP contribution is 2.28. The Labute approximate surface area is 112 Å². The second-order valence-corrected chi connectivity index (χ2v) is 5.54. The molecular formula is C13H19N3OS. The van der Waals surface area contributed by atoms with E-state index in [1.165, 1.54) is 15.3 Å². The Morgan fingerprint density at radius 3 is 2.94 bits per heavy atom. The van der Waals surface area contributed by atoms with Crippen molar-refractivity contribution in [2.24, 2.45) is 7.05 Å². The normalized spacial score (nSPS) is 11.1. The molecule has 0 aliphatic rings. The van der Waals surface area contributed by atoms with Crippen molar-refractivity contribution in [3.63, 3.8) is 0 Å². The molecule has 5 heteroatoms. The fourth-order valence-electron chi connectivity index (χ4n) is 1.83. The zero-order valence-electron chi connectivity index (χ0n) is 11.1. The van der Waals surface area contributed by atoms with Crippen LogP contribution in [0.5, 0.6) is 0 Å². The number of ether oxygens (including phenoxy) is 1. The molecule has 18 heavy (non-hydrogen) atoms. The van der Waals surface area contributed by atoms with Gasteiger partial charge in [0.1, 0.15) is 5.69 Å². The van der Waals surface area contributed by atoms with Gasteiger partial charge in [-0.15, -0.1) is 11.3 Å². The number of rotatable bonds is 6. The van der Waals surface area contributed by atoms with Crippen LogP contribution in [0.15, 0.2) is 18.3 Å².